The molecular formula is C21H18N2O2S2. The minimum atomic E-state index is -0.0360. The highest BCUT2D eigenvalue weighted by Gasteiger charge is 2.15. The molecule has 27 heavy (non-hydrogen) atoms. The first-order chi connectivity index (χ1) is 13.2. The van der Waals surface area contributed by atoms with Gasteiger partial charge in [-0.1, -0.05) is 47.7 Å². The summed E-state index contributed by atoms with van der Waals surface area (Å²) in [5.74, 6) is 1.51. The Morgan fingerprint density at radius 3 is 2.74 bits per heavy atom. The highest BCUT2D eigenvalue weighted by atomic mass is 32.2. The zero-order valence-electron chi connectivity index (χ0n) is 15.0. The Hall–Kier alpha value is -2.57. The van der Waals surface area contributed by atoms with Gasteiger partial charge in [0, 0.05) is 11.3 Å². The number of fused-ring (bicyclic) bond motifs is 1. The lowest BCUT2D eigenvalue weighted by Crippen LogP contribution is -2.21. The number of aromatic nitrogens is 2. The van der Waals surface area contributed by atoms with Crippen LogP contribution in [-0.2, 0) is 5.75 Å². The monoisotopic (exact) mass is 394 g/mol. The van der Waals surface area contributed by atoms with Crippen LogP contribution in [0.15, 0.2) is 69.9 Å². The molecule has 0 atom stereocenters. The van der Waals surface area contributed by atoms with Gasteiger partial charge in [0.1, 0.15) is 10.6 Å². The number of benzene rings is 2. The smallest absolute Gasteiger partial charge is 0.267 e. The maximum absolute atomic E-state index is 13.1. The van der Waals surface area contributed by atoms with Gasteiger partial charge < -0.3 is 4.74 Å². The van der Waals surface area contributed by atoms with Crippen LogP contribution in [0.25, 0.3) is 15.9 Å². The van der Waals surface area contributed by atoms with Crippen molar-refractivity contribution in [2.45, 2.75) is 17.8 Å². The van der Waals surface area contributed by atoms with E-state index in [1.54, 1.807) is 23.4 Å². The molecule has 0 unspecified atom stereocenters. The average Bonchev–Trinajstić information content (AvgIpc) is 3.16. The van der Waals surface area contributed by atoms with Gasteiger partial charge in [-0.2, -0.15) is 0 Å². The number of thioether (sulfide) groups is 1. The third kappa shape index (κ3) is 3.50. The van der Waals surface area contributed by atoms with Crippen LogP contribution in [0.4, 0.5) is 0 Å². The Labute approximate surface area is 165 Å². The molecule has 0 saturated carbocycles. The van der Waals surface area contributed by atoms with Gasteiger partial charge in [0.05, 0.1) is 18.2 Å². The number of para-hydroxylation sites is 1. The number of nitrogens with zero attached hydrogens (tertiary/aromatic N) is 2. The van der Waals surface area contributed by atoms with Gasteiger partial charge in [0.25, 0.3) is 5.56 Å². The van der Waals surface area contributed by atoms with Crippen LogP contribution in [0, 0.1) is 6.92 Å². The molecule has 0 aliphatic rings. The standard InChI is InChI=1S/C21H18N2O2S2/c1-14-8-9-18(25-2)15(12-14)13-27-21-22-19-17(10-11-26-19)20(24)23(21)16-6-4-3-5-7-16/h3-12H,13H2,1-2H3. The summed E-state index contributed by atoms with van der Waals surface area (Å²) < 4.78 is 7.18. The van der Waals surface area contributed by atoms with E-state index in [0.29, 0.717) is 16.3 Å². The molecule has 0 aliphatic heterocycles. The highest BCUT2D eigenvalue weighted by molar-refractivity contribution is 7.98. The molecule has 136 valence electrons. The molecule has 0 bridgehead atoms. The third-order valence-corrected chi connectivity index (χ3v) is 6.07. The van der Waals surface area contributed by atoms with E-state index in [9.17, 15) is 4.79 Å². The highest BCUT2D eigenvalue weighted by Crippen LogP contribution is 2.30. The van der Waals surface area contributed by atoms with Crippen molar-refractivity contribution >= 4 is 33.3 Å². The fourth-order valence-corrected chi connectivity index (χ4v) is 4.75. The van der Waals surface area contributed by atoms with Crippen LogP contribution in [0.3, 0.4) is 0 Å². The van der Waals surface area contributed by atoms with E-state index in [-0.39, 0.29) is 5.56 Å². The summed E-state index contributed by atoms with van der Waals surface area (Å²) in [5.41, 5.74) is 3.05. The Kier molecular flexibility index (Phi) is 5.01. The SMILES string of the molecule is COc1ccc(C)cc1CSc1nc2sccc2c(=O)n1-c1ccccc1. The maximum atomic E-state index is 13.1. The topological polar surface area (TPSA) is 44.1 Å². The second-order valence-corrected chi connectivity index (χ2v) is 7.95. The third-order valence-electron chi connectivity index (χ3n) is 4.27. The van der Waals surface area contributed by atoms with E-state index in [0.717, 1.165) is 21.8 Å². The first kappa shape index (κ1) is 17.8. The molecule has 4 nitrogen and oxygen atoms in total. The van der Waals surface area contributed by atoms with Crippen LogP contribution >= 0.6 is 23.1 Å². The molecule has 0 amide bonds. The number of aryl methyl sites for hydroxylation is 1. The molecule has 2 aromatic heterocycles. The van der Waals surface area contributed by atoms with Crippen molar-refractivity contribution in [3.05, 3.63) is 81.5 Å². The Balaban J connectivity index is 1.80. The molecule has 6 heteroatoms. The zero-order valence-corrected chi connectivity index (χ0v) is 16.6. The van der Waals surface area contributed by atoms with Gasteiger partial charge in [-0.25, -0.2) is 4.98 Å². The van der Waals surface area contributed by atoms with E-state index >= 15 is 0 Å². The molecule has 0 N–H and O–H groups in total. The minimum absolute atomic E-state index is 0.0360. The number of methoxy groups -OCH3 is 1. The molecule has 2 heterocycles. The van der Waals surface area contributed by atoms with Crippen LogP contribution in [-0.4, -0.2) is 16.7 Å². The van der Waals surface area contributed by atoms with Gasteiger partial charge in [-0.05, 0) is 36.6 Å². The lowest BCUT2D eigenvalue weighted by Gasteiger charge is -2.13. The number of thiophene rings is 1. The van der Waals surface area contributed by atoms with Crippen molar-refractivity contribution in [1.29, 1.82) is 0 Å². The summed E-state index contributed by atoms with van der Waals surface area (Å²) in [6, 6.07) is 17.6. The first-order valence-electron chi connectivity index (χ1n) is 8.49. The number of hydrogen-bond acceptors (Lipinski definition) is 5. The number of hydrogen-bond donors (Lipinski definition) is 0. The van der Waals surface area contributed by atoms with E-state index < -0.39 is 0 Å². The predicted octanol–water partition coefficient (Wildman–Crippen LogP) is 5.06. The van der Waals surface area contributed by atoms with Crippen molar-refractivity contribution < 1.29 is 4.74 Å². The summed E-state index contributed by atoms with van der Waals surface area (Å²) >= 11 is 3.03. The summed E-state index contributed by atoms with van der Waals surface area (Å²) in [6.07, 6.45) is 0. The van der Waals surface area contributed by atoms with Gasteiger partial charge in [0.2, 0.25) is 0 Å². The van der Waals surface area contributed by atoms with Crippen molar-refractivity contribution in [1.82, 2.24) is 9.55 Å². The largest absolute Gasteiger partial charge is 0.496 e. The molecule has 4 rings (SSSR count). The van der Waals surface area contributed by atoms with Crippen LogP contribution < -0.4 is 10.3 Å². The fourth-order valence-electron chi connectivity index (χ4n) is 2.96. The van der Waals surface area contributed by atoms with E-state index in [1.165, 1.54) is 16.9 Å². The van der Waals surface area contributed by atoms with Gasteiger partial charge in [-0.15, -0.1) is 11.3 Å². The predicted molar refractivity (Wildman–Crippen MR) is 113 cm³/mol. The Bertz CT molecular complexity index is 1150. The minimum Gasteiger partial charge on any atom is -0.496 e. The van der Waals surface area contributed by atoms with E-state index in [2.05, 4.69) is 13.0 Å². The lowest BCUT2D eigenvalue weighted by molar-refractivity contribution is 0.411. The van der Waals surface area contributed by atoms with E-state index in [4.69, 9.17) is 9.72 Å². The molecular weight excluding hydrogens is 376 g/mol. The summed E-state index contributed by atoms with van der Waals surface area (Å²) in [4.78, 5) is 18.6. The fraction of sp³-hybridized carbons (Fsp3) is 0.143. The summed E-state index contributed by atoms with van der Waals surface area (Å²) in [6.45, 7) is 2.06. The normalized spacial score (nSPS) is 11.0. The molecule has 2 aromatic carbocycles. The number of ether oxygens (including phenoxy) is 1. The second-order valence-electron chi connectivity index (χ2n) is 6.11. The van der Waals surface area contributed by atoms with Crippen molar-refractivity contribution in [3.8, 4) is 11.4 Å². The molecule has 0 fully saturated rings. The van der Waals surface area contributed by atoms with Crippen LogP contribution in [0.1, 0.15) is 11.1 Å². The van der Waals surface area contributed by atoms with Crippen LogP contribution in [0.5, 0.6) is 5.75 Å². The second kappa shape index (κ2) is 7.58. The Morgan fingerprint density at radius 2 is 1.96 bits per heavy atom. The molecule has 0 saturated heterocycles. The van der Waals surface area contributed by atoms with E-state index in [1.807, 2.05) is 53.9 Å². The van der Waals surface area contributed by atoms with Gasteiger partial charge in [0.15, 0.2) is 5.16 Å². The Morgan fingerprint density at radius 1 is 1.15 bits per heavy atom. The average molecular weight is 395 g/mol. The summed E-state index contributed by atoms with van der Waals surface area (Å²) in [5, 5.41) is 3.25. The van der Waals surface area contributed by atoms with Crippen LogP contribution in [0.2, 0.25) is 0 Å². The summed E-state index contributed by atoms with van der Waals surface area (Å²) in [7, 11) is 1.68. The molecule has 4 aromatic rings. The van der Waals surface area contributed by atoms with Gasteiger partial charge >= 0.3 is 0 Å². The van der Waals surface area contributed by atoms with Gasteiger partial charge in [-0.3, -0.25) is 9.36 Å². The molecule has 0 spiro atoms. The number of rotatable bonds is 5. The zero-order chi connectivity index (χ0) is 18.8. The van der Waals surface area contributed by atoms with Crippen molar-refractivity contribution in [3.63, 3.8) is 0 Å². The van der Waals surface area contributed by atoms with Crippen molar-refractivity contribution in [2.75, 3.05) is 7.11 Å². The first-order valence-corrected chi connectivity index (χ1v) is 10.4. The molecule has 0 radical (unpaired) electrons. The maximum Gasteiger partial charge on any atom is 0.267 e. The quantitative estimate of drug-likeness (QED) is 0.351. The van der Waals surface area contributed by atoms with Crippen molar-refractivity contribution in [2.24, 2.45) is 0 Å². The lowest BCUT2D eigenvalue weighted by atomic mass is 10.1. The molecule has 0 aliphatic carbocycles.